The molecule has 0 saturated heterocycles. The van der Waals surface area contributed by atoms with Gasteiger partial charge in [-0.1, -0.05) is 0 Å². The first kappa shape index (κ1) is 22.2. The van der Waals surface area contributed by atoms with Gasteiger partial charge in [-0.2, -0.15) is 0 Å². The Labute approximate surface area is 147 Å². The van der Waals surface area contributed by atoms with Crippen LogP contribution in [-0.4, -0.2) is 70.9 Å². The molecule has 0 aliphatic carbocycles. The van der Waals surface area contributed by atoms with E-state index in [1.807, 2.05) is 0 Å². The highest BCUT2D eigenvalue weighted by atomic mass is 16.3. The molecular formula is C9H10N9O9. The number of urea groups is 5. The SMILES string of the molecule is [NH]C(=O)N(C(=O)N(NC=O)C(=O)NC(=O)NC=O)N(NC=O)C(=O)NC=O. The Hall–Kier alpha value is -4.77. The van der Waals surface area contributed by atoms with E-state index in [-0.39, 0.29) is 35.8 Å². The van der Waals surface area contributed by atoms with Crippen LogP contribution in [0.4, 0.5) is 24.0 Å². The molecule has 0 atom stereocenters. The third kappa shape index (κ3) is 6.33. The zero-order valence-electron chi connectivity index (χ0n) is 12.8. The summed E-state index contributed by atoms with van der Waals surface area (Å²) < 4.78 is 0. The van der Waals surface area contributed by atoms with Crippen molar-refractivity contribution in [1.29, 1.82) is 0 Å². The summed E-state index contributed by atoms with van der Waals surface area (Å²) in [5.74, 6) is 0. The summed E-state index contributed by atoms with van der Waals surface area (Å²) in [5, 5.41) is 3.04. The van der Waals surface area contributed by atoms with Gasteiger partial charge in [0.25, 0.3) is 0 Å². The second-order valence-corrected chi connectivity index (χ2v) is 3.63. The summed E-state index contributed by atoms with van der Waals surface area (Å²) in [7, 11) is 0. The fourth-order valence-corrected chi connectivity index (χ4v) is 1.22. The first-order valence-electron chi connectivity index (χ1n) is 6.13. The number of hydrogen-bond donors (Lipinski definition) is 5. The second kappa shape index (κ2) is 10.9. The molecule has 0 aromatic carbocycles. The van der Waals surface area contributed by atoms with E-state index in [1.165, 1.54) is 26.8 Å². The Morgan fingerprint density at radius 2 is 1.30 bits per heavy atom. The normalized spacial score (nSPS) is 8.74. The van der Waals surface area contributed by atoms with E-state index in [2.05, 4.69) is 0 Å². The van der Waals surface area contributed by atoms with Crippen molar-refractivity contribution < 1.29 is 43.2 Å². The first-order valence-corrected chi connectivity index (χ1v) is 6.13. The van der Waals surface area contributed by atoms with Crippen molar-refractivity contribution in [3.05, 3.63) is 0 Å². The number of nitrogens with one attached hydrogen (secondary N) is 6. The summed E-state index contributed by atoms with van der Waals surface area (Å²) in [6.45, 7) is 0. The molecule has 0 aliphatic rings. The molecular weight excluding hydrogens is 378 g/mol. The average molecular weight is 388 g/mol. The standard InChI is InChI=1S/C9H10N9O9/c10-5(23)17(18(14-4-22)7(25)12-2-20)9(27)16(13-3-21)8(26)15-6(24)11-1-19/h1-4,10H,(H,13,21)(H,14,22)(H,12,20,25)(H2,11,15,19,24,26). The number of carbonyl (C=O) groups excluding carboxylic acids is 9. The van der Waals surface area contributed by atoms with E-state index >= 15 is 0 Å². The van der Waals surface area contributed by atoms with Crippen LogP contribution in [0.15, 0.2) is 0 Å². The smallest absolute Gasteiger partial charge is 0.280 e. The van der Waals surface area contributed by atoms with E-state index in [0.29, 0.717) is 0 Å². The second-order valence-electron chi connectivity index (χ2n) is 3.63. The third-order valence-electron chi connectivity index (χ3n) is 2.11. The summed E-state index contributed by atoms with van der Waals surface area (Å²) in [5.41, 5.74) is 9.88. The number of amides is 14. The number of hydrogen-bond acceptors (Lipinski definition) is 9. The monoisotopic (exact) mass is 388 g/mol. The van der Waals surface area contributed by atoms with Crippen molar-refractivity contribution in [2.45, 2.75) is 0 Å². The largest absolute Gasteiger partial charge is 0.376 e. The molecule has 14 amide bonds. The van der Waals surface area contributed by atoms with E-state index in [4.69, 9.17) is 5.73 Å². The Kier molecular flexibility index (Phi) is 8.98. The highest BCUT2D eigenvalue weighted by Gasteiger charge is 2.38. The van der Waals surface area contributed by atoms with Crippen LogP contribution in [0.25, 0.3) is 0 Å². The van der Waals surface area contributed by atoms with Gasteiger partial charge < -0.3 is 0 Å². The number of hydrazine groups is 3. The number of nitrogens with zero attached hydrogens (tertiary/aromatic N) is 3. The van der Waals surface area contributed by atoms with Gasteiger partial charge in [0, 0.05) is 0 Å². The minimum Gasteiger partial charge on any atom is -0.280 e. The number of imide groups is 5. The molecule has 6 N–H and O–H groups in total. The topological polar surface area (TPSA) is 247 Å². The lowest BCUT2D eigenvalue weighted by molar-refractivity contribution is -0.117. The molecule has 0 aromatic heterocycles. The lowest BCUT2D eigenvalue weighted by Gasteiger charge is -2.31. The van der Waals surface area contributed by atoms with Gasteiger partial charge in [-0.3, -0.25) is 40.6 Å². The zero-order valence-corrected chi connectivity index (χ0v) is 12.8. The van der Waals surface area contributed by atoms with Crippen LogP contribution in [-0.2, 0) is 19.2 Å². The minimum absolute atomic E-state index is 0.138. The Balaban J connectivity index is 5.81. The van der Waals surface area contributed by atoms with E-state index < -0.39 is 35.2 Å². The Morgan fingerprint density at radius 1 is 0.741 bits per heavy atom. The summed E-state index contributed by atoms with van der Waals surface area (Å²) >= 11 is 0. The van der Waals surface area contributed by atoms with E-state index in [0.717, 1.165) is 0 Å². The van der Waals surface area contributed by atoms with Gasteiger partial charge in [-0.05, 0) is 0 Å². The van der Waals surface area contributed by atoms with Gasteiger partial charge in [0.2, 0.25) is 25.6 Å². The Morgan fingerprint density at radius 3 is 1.74 bits per heavy atom. The van der Waals surface area contributed by atoms with E-state index in [9.17, 15) is 43.2 Å². The minimum atomic E-state index is -2.03. The predicted molar refractivity (Wildman–Crippen MR) is 75.5 cm³/mol. The maximum Gasteiger partial charge on any atom is 0.376 e. The molecule has 0 unspecified atom stereocenters. The van der Waals surface area contributed by atoms with Crippen LogP contribution in [0.1, 0.15) is 0 Å². The first-order chi connectivity index (χ1) is 12.7. The quantitative estimate of drug-likeness (QED) is 0.220. The Bertz CT molecular complexity index is 665. The number of rotatable bonds is 6. The van der Waals surface area contributed by atoms with Gasteiger partial charge in [0.15, 0.2) is 0 Å². The maximum atomic E-state index is 12.2. The molecule has 0 rings (SSSR count). The fourth-order valence-electron chi connectivity index (χ4n) is 1.22. The third-order valence-corrected chi connectivity index (χ3v) is 2.11. The molecule has 0 saturated carbocycles. The van der Waals surface area contributed by atoms with E-state index in [1.54, 1.807) is 0 Å². The molecule has 18 heteroatoms. The molecule has 145 valence electrons. The summed E-state index contributed by atoms with van der Waals surface area (Å²) in [6.07, 6.45) is -0.870. The zero-order chi connectivity index (χ0) is 21.0. The van der Waals surface area contributed by atoms with Gasteiger partial charge in [-0.25, -0.2) is 35.1 Å². The molecule has 1 radical (unpaired) electrons. The van der Waals surface area contributed by atoms with Crippen molar-refractivity contribution in [3.63, 3.8) is 0 Å². The lowest BCUT2D eigenvalue weighted by atomic mass is 10.7. The molecule has 0 bridgehead atoms. The van der Waals surface area contributed by atoms with Gasteiger partial charge in [0.05, 0.1) is 0 Å². The molecule has 0 fully saturated rings. The molecule has 18 nitrogen and oxygen atoms in total. The van der Waals surface area contributed by atoms with Crippen molar-refractivity contribution in [2.24, 2.45) is 0 Å². The van der Waals surface area contributed by atoms with Crippen LogP contribution < -0.4 is 32.5 Å². The number of carbonyl (C=O) groups is 9. The maximum absolute atomic E-state index is 12.2. The lowest BCUT2D eigenvalue weighted by Crippen LogP contribution is -2.66. The van der Waals surface area contributed by atoms with Crippen LogP contribution in [0.3, 0.4) is 0 Å². The van der Waals surface area contributed by atoms with Gasteiger partial charge in [-0.15, -0.1) is 15.1 Å². The van der Waals surface area contributed by atoms with Crippen LogP contribution >= 0.6 is 0 Å². The van der Waals surface area contributed by atoms with Crippen LogP contribution in [0, 0.1) is 0 Å². The van der Waals surface area contributed by atoms with Crippen molar-refractivity contribution >= 4 is 55.8 Å². The molecule has 0 heterocycles. The summed E-state index contributed by atoms with van der Waals surface area (Å²) in [4.78, 5) is 99.6. The highest BCUT2D eigenvalue weighted by molar-refractivity contribution is 6.06. The molecule has 0 aromatic rings. The van der Waals surface area contributed by atoms with Crippen LogP contribution in [0.5, 0.6) is 0 Å². The molecule has 27 heavy (non-hydrogen) atoms. The highest BCUT2D eigenvalue weighted by Crippen LogP contribution is 2.03. The van der Waals surface area contributed by atoms with Crippen molar-refractivity contribution in [1.82, 2.24) is 47.7 Å². The van der Waals surface area contributed by atoms with Crippen molar-refractivity contribution in [2.75, 3.05) is 0 Å². The molecule has 0 spiro atoms. The summed E-state index contributed by atoms with van der Waals surface area (Å²) in [6, 6.07) is -8.83. The average Bonchev–Trinajstić information content (AvgIpc) is 2.58. The predicted octanol–water partition coefficient (Wildman–Crippen LogP) is -3.91. The van der Waals surface area contributed by atoms with Crippen molar-refractivity contribution in [3.8, 4) is 0 Å². The van der Waals surface area contributed by atoms with Crippen LogP contribution in [0.2, 0.25) is 0 Å². The fraction of sp³-hybridized carbons (Fsp3) is 0. The van der Waals surface area contributed by atoms with Gasteiger partial charge in [0.1, 0.15) is 0 Å². The van der Waals surface area contributed by atoms with Gasteiger partial charge >= 0.3 is 30.2 Å². The molecule has 0 aliphatic heterocycles.